The summed E-state index contributed by atoms with van der Waals surface area (Å²) in [6.07, 6.45) is -4.39. The van der Waals surface area contributed by atoms with E-state index in [0.29, 0.717) is 17.0 Å². The Bertz CT molecular complexity index is 681. The molecule has 0 aliphatic carbocycles. The number of nitriles is 1. The van der Waals surface area contributed by atoms with Gasteiger partial charge in [-0.05, 0) is 26.0 Å². The molecule has 2 atom stereocenters. The molecule has 11 heteroatoms. The van der Waals surface area contributed by atoms with Gasteiger partial charge in [0.05, 0.1) is 17.7 Å². The summed E-state index contributed by atoms with van der Waals surface area (Å²) in [6, 6.07) is 3.62. The molecule has 144 valence electrons. The van der Waals surface area contributed by atoms with E-state index in [4.69, 9.17) is 19.9 Å². The molecule has 0 radical (unpaired) electrons. The molecule has 2 rings (SSSR count). The lowest BCUT2D eigenvalue weighted by molar-refractivity contribution is -0.344. The fourth-order valence-electron chi connectivity index (χ4n) is 2.29. The number of hydrogen-bond donors (Lipinski definition) is 3. The van der Waals surface area contributed by atoms with Crippen LogP contribution in [0.5, 0.6) is 0 Å². The zero-order chi connectivity index (χ0) is 19.9. The van der Waals surface area contributed by atoms with Gasteiger partial charge >= 0.3 is 6.18 Å². The topological polar surface area (TPSA) is 130 Å². The molecule has 1 aliphatic heterocycles. The van der Waals surface area contributed by atoms with Crippen LogP contribution in [-0.4, -0.2) is 55.4 Å². The average Bonchev–Trinajstić information content (AvgIpc) is 2.96. The fourth-order valence-corrected chi connectivity index (χ4v) is 2.29. The molecular weight excluding hydrogens is 357 g/mol. The second kappa shape index (κ2) is 9.21. The van der Waals surface area contributed by atoms with Gasteiger partial charge in [0.15, 0.2) is 0 Å². The number of nitrogens with zero attached hydrogens (tertiary/aromatic N) is 1. The number of H-pyrrole nitrogens is 1. The Balaban J connectivity index is 0.000000412. The highest BCUT2D eigenvalue weighted by Gasteiger charge is 2.29. The molecule has 1 aliphatic rings. The molecule has 0 aromatic carbocycles. The normalized spacial score (nSPS) is 19.7. The number of aliphatic carboxylic acids is 1. The lowest BCUT2D eigenvalue weighted by Crippen LogP contribution is -2.53. The number of alkyl halides is 3. The summed E-state index contributed by atoms with van der Waals surface area (Å²) in [5.41, 5.74) is 1.63. The van der Waals surface area contributed by atoms with Crippen molar-refractivity contribution in [3.05, 3.63) is 23.0 Å². The van der Waals surface area contributed by atoms with Crippen LogP contribution < -0.4 is 15.7 Å². The maximum Gasteiger partial charge on any atom is 0.430 e. The third kappa shape index (κ3) is 6.05. The van der Waals surface area contributed by atoms with Gasteiger partial charge in [-0.2, -0.15) is 18.4 Å². The number of rotatable bonds is 3. The first-order valence-corrected chi connectivity index (χ1v) is 7.52. The van der Waals surface area contributed by atoms with Crippen molar-refractivity contribution in [1.82, 2.24) is 15.6 Å². The van der Waals surface area contributed by atoms with Gasteiger partial charge in [-0.1, -0.05) is 0 Å². The van der Waals surface area contributed by atoms with Crippen LogP contribution in [0.1, 0.15) is 28.2 Å². The predicted octanol–water partition coefficient (Wildman–Crippen LogP) is -0.400. The molecule has 2 heterocycles. The van der Waals surface area contributed by atoms with Crippen molar-refractivity contribution in [2.45, 2.75) is 31.7 Å². The molecule has 1 amide bonds. The van der Waals surface area contributed by atoms with E-state index in [9.17, 15) is 18.0 Å². The van der Waals surface area contributed by atoms with Crippen LogP contribution in [0.4, 0.5) is 13.2 Å². The number of piperidine rings is 1. The molecule has 1 fully saturated rings. The fraction of sp³-hybridized carbons (Fsp3) is 0.533. The molecular formula is C15H18F3N4O4-. The largest absolute Gasteiger partial charge is 0.542 e. The highest BCUT2D eigenvalue weighted by Crippen LogP contribution is 2.12. The zero-order valence-corrected chi connectivity index (χ0v) is 14.1. The molecule has 3 N–H and O–H groups in total. The number of amides is 1. The Morgan fingerprint density at radius 1 is 1.46 bits per heavy atom. The molecule has 0 bridgehead atoms. The lowest BCUT2D eigenvalue weighted by Gasteiger charge is -2.31. The van der Waals surface area contributed by atoms with Crippen LogP contribution in [-0.2, 0) is 9.53 Å². The first-order chi connectivity index (χ1) is 12.1. The number of carboxylic acid groups (broad SMARTS) is 1. The van der Waals surface area contributed by atoms with Crippen molar-refractivity contribution >= 4 is 11.9 Å². The number of nitrogens with one attached hydrogen (secondary N) is 3. The van der Waals surface area contributed by atoms with Crippen LogP contribution in [0.2, 0.25) is 0 Å². The Hall–Kier alpha value is -2.58. The number of halogens is 3. The van der Waals surface area contributed by atoms with E-state index in [1.807, 2.05) is 6.07 Å². The van der Waals surface area contributed by atoms with Crippen LogP contribution in [0.25, 0.3) is 0 Å². The van der Waals surface area contributed by atoms with Crippen molar-refractivity contribution in [3.63, 3.8) is 0 Å². The van der Waals surface area contributed by atoms with E-state index in [0.717, 1.165) is 19.5 Å². The van der Waals surface area contributed by atoms with E-state index in [1.165, 1.54) is 0 Å². The molecule has 1 aromatic heterocycles. The molecule has 1 saturated heterocycles. The number of carboxylic acids is 1. The minimum absolute atomic E-state index is 0.00658. The Kier molecular flexibility index (Phi) is 7.60. The van der Waals surface area contributed by atoms with E-state index in [1.54, 1.807) is 20.1 Å². The van der Waals surface area contributed by atoms with Crippen LogP contribution >= 0.6 is 0 Å². The smallest absolute Gasteiger partial charge is 0.430 e. The summed E-state index contributed by atoms with van der Waals surface area (Å²) >= 11 is 0. The number of aryl methyl sites for hydroxylation is 1. The number of hydrogen-bond acceptors (Lipinski definition) is 6. The Morgan fingerprint density at radius 3 is 2.54 bits per heavy atom. The van der Waals surface area contributed by atoms with Crippen LogP contribution in [0.3, 0.4) is 0 Å². The summed E-state index contributed by atoms with van der Waals surface area (Å²) in [7, 11) is 1.64. The molecule has 26 heavy (non-hydrogen) atoms. The lowest BCUT2D eigenvalue weighted by atomic mass is 10.0. The highest BCUT2D eigenvalue weighted by atomic mass is 19.4. The number of methoxy groups -OCH3 is 1. The van der Waals surface area contributed by atoms with Crippen molar-refractivity contribution < 1.29 is 32.6 Å². The van der Waals surface area contributed by atoms with Gasteiger partial charge in [0.2, 0.25) is 0 Å². The SMILES string of the molecule is CO[C@H]1CNCC[C@H]1NC(=O)c1cc(C#N)c(C)[nH]1.O=C([O-])C(F)(F)F. The third-order valence-corrected chi connectivity index (χ3v) is 3.66. The Labute approximate surface area is 147 Å². The molecule has 0 spiro atoms. The number of ether oxygens (including phenoxy) is 1. The van der Waals surface area contributed by atoms with Crippen LogP contribution in [0.15, 0.2) is 6.07 Å². The summed E-state index contributed by atoms with van der Waals surface area (Å²) in [6.45, 7) is 3.37. The van der Waals surface area contributed by atoms with E-state index < -0.39 is 12.1 Å². The monoisotopic (exact) mass is 375 g/mol. The molecule has 0 unspecified atom stereocenters. The number of carbonyl (C=O) groups is 2. The standard InChI is InChI=1S/C13H18N4O2.C2HF3O2/c1-8-9(6-14)5-11(16-8)13(18)17-10-3-4-15-7-12(10)19-2;3-2(4,5)1(6)7/h5,10,12,15-16H,3-4,7H2,1-2H3,(H,17,18);(H,6,7)/p-1/t10-,12+;/m1./s1. The minimum atomic E-state index is -5.19. The van der Waals surface area contributed by atoms with Gasteiger partial charge in [-0.25, -0.2) is 0 Å². The van der Waals surface area contributed by atoms with E-state index in [-0.39, 0.29) is 18.1 Å². The predicted molar refractivity (Wildman–Crippen MR) is 80.8 cm³/mol. The van der Waals surface area contributed by atoms with Gasteiger partial charge in [0, 0.05) is 19.3 Å². The minimum Gasteiger partial charge on any atom is -0.542 e. The van der Waals surface area contributed by atoms with Crippen molar-refractivity contribution in [1.29, 1.82) is 5.26 Å². The maximum absolute atomic E-state index is 12.1. The van der Waals surface area contributed by atoms with Gasteiger partial charge in [-0.15, -0.1) is 0 Å². The maximum atomic E-state index is 12.1. The first kappa shape index (κ1) is 21.5. The van der Waals surface area contributed by atoms with E-state index in [2.05, 4.69) is 15.6 Å². The number of aromatic nitrogens is 1. The zero-order valence-electron chi connectivity index (χ0n) is 14.1. The molecule has 1 aromatic rings. The molecule has 8 nitrogen and oxygen atoms in total. The third-order valence-electron chi connectivity index (χ3n) is 3.66. The van der Waals surface area contributed by atoms with Crippen molar-refractivity contribution in [2.24, 2.45) is 0 Å². The summed E-state index contributed by atoms with van der Waals surface area (Å²) in [4.78, 5) is 23.8. The van der Waals surface area contributed by atoms with Gasteiger partial charge < -0.3 is 30.3 Å². The first-order valence-electron chi connectivity index (χ1n) is 7.52. The van der Waals surface area contributed by atoms with Crippen molar-refractivity contribution in [2.75, 3.05) is 20.2 Å². The van der Waals surface area contributed by atoms with Crippen molar-refractivity contribution in [3.8, 4) is 6.07 Å². The second-order valence-corrected chi connectivity index (χ2v) is 5.47. The Morgan fingerprint density at radius 2 is 2.08 bits per heavy atom. The van der Waals surface area contributed by atoms with Gasteiger partial charge in [0.1, 0.15) is 17.7 Å². The second-order valence-electron chi connectivity index (χ2n) is 5.47. The summed E-state index contributed by atoms with van der Waals surface area (Å²) in [5, 5.41) is 23.8. The number of aromatic amines is 1. The van der Waals surface area contributed by atoms with Gasteiger partial charge in [-0.3, -0.25) is 4.79 Å². The number of carbonyl (C=O) groups excluding carboxylic acids is 2. The quantitative estimate of drug-likeness (QED) is 0.659. The summed E-state index contributed by atoms with van der Waals surface area (Å²) < 4.78 is 36.9. The van der Waals surface area contributed by atoms with Gasteiger partial charge in [0.25, 0.3) is 5.91 Å². The molecule has 0 saturated carbocycles. The van der Waals surface area contributed by atoms with E-state index >= 15 is 0 Å². The van der Waals surface area contributed by atoms with Crippen LogP contribution in [0, 0.1) is 18.3 Å². The average molecular weight is 375 g/mol. The summed E-state index contributed by atoms with van der Waals surface area (Å²) in [5.74, 6) is -3.20. The highest BCUT2D eigenvalue weighted by molar-refractivity contribution is 5.93.